The van der Waals surface area contributed by atoms with Crippen LogP contribution in [0.4, 0.5) is 0 Å². The van der Waals surface area contributed by atoms with E-state index in [1.54, 1.807) is 13.8 Å². The highest BCUT2D eigenvalue weighted by Crippen LogP contribution is 2.48. The lowest BCUT2D eigenvalue weighted by molar-refractivity contribution is 0.221. The van der Waals surface area contributed by atoms with Crippen LogP contribution in [0.5, 0.6) is 0 Å². The molecule has 0 saturated carbocycles. The predicted octanol–water partition coefficient (Wildman–Crippen LogP) is 4.73. The molecule has 2 aromatic rings. The molecule has 0 aliphatic heterocycles. The number of fused-ring (bicyclic) bond motifs is 3. The molecule has 0 bridgehead atoms. The Morgan fingerprint density at radius 2 is 1.26 bits per heavy atom. The zero-order chi connectivity index (χ0) is 16.3. The zero-order valence-electron chi connectivity index (χ0n) is 13.4. The molecule has 5 heteroatoms. The van der Waals surface area contributed by atoms with Crippen LogP contribution in [-0.2, 0) is 13.6 Å². The molecule has 0 spiro atoms. The van der Waals surface area contributed by atoms with Crippen LogP contribution in [0.2, 0.25) is 0 Å². The molecule has 0 N–H and O–H groups in total. The van der Waals surface area contributed by atoms with Gasteiger partial charge in [0.25, 0.3) is 0 Å². The number of hydrogen-bond acceptors (Lipinski definition) is 4. The molecule has 0 atom stereocenters. The smallest absolute Gasteiger partial charge is 0.308 e. The fraction of sp³-hybridized carbons (Fsp3) is 0.278. The van der Waals surface area contributed by atoms with Gasteiger partial charge in [-0.25, -0.2) is 0 Å². The van der Waals surface area contributed by atoms with Gasteiger partial charge in [-0.2, -0.15) is 0 Å². The fourth-order valence-corrected chi connectivity index (χ4v) is 4.17. The van der Waals surface area contributed by atoms with Gasteiger partial charge >= 0.3 is 7.60 Å². The van der Waals surface area contributed by atoms with Crippen molar-refractivity contribution < 1.29 is 13.6 Å². The number of nitrogens with zero attached hydrogens (tertiary/aromatic N) is 1. The summed E-state index contributed by atoms with van der Waals surface area (Å²) in [5.41, 5.74) is 5.30. The van der Waals surface area contributed by atoms with Crippen LogP contribution in [0.15, 0.2) is 53.5 Å². The first-order valence-corrected chi connectivity index (χ1v) is 9.53. The second kappa shape index (κ2) is 6.79. The van der Waals surface area contributed by atoms with Crippen molar-refractivity contribution in [1.82, 2.24) is 0 Å². The first kappa shape index (κ1) is 16.1. The number of rotatable bonds is 6. The molecule has 0 unspecified atom stereocenters. The van der Waals surface area contributed by atoms with Crippen molar-refractivity contribution in [3.05, 3.63) is 59.7 Å². The Morgan fingerprint density at radius 1 is 0.826 bits per heavy atom. The van der Waals surface area contributed by atoms with Crippen LogP contribution in [0, 0.1) is 0 Å². The van der Waals surface area contributed by atoms with Crippen LogP contribution in [-0.4, -0.2) is 25.2 Å². The quantitative estimate of drug-likeness (QED) is 0.614. The van der Waals surface area contributed by atoms with E-state index in [4.69, 9.17) is 9.05 Å². The molecule has 1 aliphatic carbocycles. The molecule has 120 valence electrons. The van der Waals surface area contributed by atoms with Crippen LogP contribution in [0.3, 0.4) is 0 Å². The molecule has 3 rings (SSSR count). The Morgan fingerprint density at radius 3 is 1.70 bits per heavy atom. The van der Waals surface area contributed by atoms with Gasteiger partial charge in [-0.1, -0.05) is 48.5 Å². The second-order valence-electron chi connectivity index (χ2n) is 5.19. The third kappa shape index (κ3) is 3.16. The Balaban J connectivity index is 2.01. The van der Waals surface area contributed by atoms with Crippen LogP contribution < -0.4 is 0 Å². The lowest BCUT2D eigenvalue weighted by atomic mass is 10.1. The number of benzene rings is 2. The van der Waals surface area contributed by atoms with Crippen molar-refractivity contribution in [3.63, 3.8) is 0 Å². The molecule has 0 aromatic heterocycles. The average Bonchev–Trinajstić information content (AvgIpc) is 2.88. The van der Waals surface area contributed by atoms with Gasteiger partial charge in [-0.05, 0) is 25.0 Å². The summed E-state index contributed by atoms with van der Waals surface area (Å²) in [4.78, 5) is 4.62. The van der Waals surface area contributed by atoms with Crippen LogP contribution in [0.25, 0.3) is 11.1 Å². The van der Waals surface area contributed by atoms with E-state index in [9.17, 15) is 4.57 Å². The predicted molar refractivity (Wildman–Crippen MR) is 93.2 cm³/mol. The van der Waals surface area contributed by atoms with Crippen molar-refractivity contribution >= 4 is 13.3 Å². The molecular weight excluding hydrogens is 309 g/mol. The van der Waals surface area contributed by atoms with E-state index >= 15 is 0 Å². The van der Waals surface area contributed by atoms with Gasteiger partial charge in [-0.3, -0.25) is 9.56 Å². The minimum atomic E-state index is -3.18. The monoisotopic (exact) mass is 329 g/mol. The summed E-state index contributed by atoms with van der Waals surface area (Å²) in [7, 11) is -3.18. The first-order chi connectivity index (χ1) is 11.2. The second-order valence-corrected chi connectivity index (χ2v) is 7.21. The summed E-state index contributed by atoms with van der Waals surface area (Å²) >= 11 is 0. The Hall–Kier alpha value is -1.74. The Kier molecular flexibility index (Phi) is 4.76. The summed E-state index contributed by atoms with van der Waals surface area (Å²) in [5.74, 6) is 0. The number of hydrogen-bond donors (Lipinski definition) is 0. The van der Waals surface area contributed by atoms with E-state index < -0.39 is 7.60 Å². The molecule has 2 aromatic carbocycles. The van der Waals surface area contributed by atoms with Gasteiger partial charge in [0, 0.05) is 11.1 Å². The summed E-state index contributed by atoms with van der Waals surface area (Å²) in [6.07, 6.45) is 0.0344. The molecule has 0 fully saturated rings. The molecule has 4 nitrogen and oxygen atoms in total. The molecule has 1 aliphatic rings. The maximum Gasteiger partial charge on any atom is 0.351 e. The highest BCUT2D eigenvalue weighted by atomic mass is 31.2. The van der Waals surface area contributed by atoms with E-state index in [1.807, 2.05) is 36.4 Å². The van der Waals surface area contributed by atoms with Crippen LogP contribution in [0.1, 0.15) is 25.0 Å². The third-order valence-corrected chi connectivity index (χ3v) is 5.50. The Bertz CT molecular complexity index is 728. The fourth-order valence-electron chi connectivity index (χ4n) is 2.83. The van der Waals surface area contributed by atoms with Crippen molar-refractivity contribution in [1.29, 1.82) is 0 Å². The molecule has 0 amide bonds. The maximum absolute atomic E-state index is 12.6. The van der Waals surface area contributed by atoms with Gasteiger partial charge in [0.2, 0.25) is 0 Å². The van der Waals surface area contributed by atoms with Crippen molar-refractivity contribution in [2.75, 3.05) is 19.5 Å². The van der Waals surface area contributed by atoms with E-state index in [0.717, 1.165) is 28.0 Å². The Labute approximate surface area is 136 Å². The summed E-state index contributed by atoms with van der Waals surface area (Å²) in [5, 5.41) is 0. The highest BCUT2D eigenvalue weighted by Gasteiger charge is 2.27. The van der Waals surface area contributed by atoms with Gasteiger partial charge in [0.05, 0.1) is 18.9 Å². The SMILES string of the molecule is CCOP(=O)(CN=C1c2ccccc2-c2ccccc21)OCC. The molecular formula is C18H20NO3P. The summed E-state index contributed by atoms with van der Waals surface area (Å²) in [6, 6.07) is 16.3. The number of aliphatic imine (C=N–C) groups is 1. The third-order valence-electron chi connectivity index (χ3n) is 3.71. The lowest BCUT2D eigenvalue weighted by Gasteiger charge is -2.15. The van der Waals surface area contributed by atoms with Gasteiger partial charge < -0.3 is 9.05 Å². The topological polar surface area (TPSA) is 47.9 Å². The van der Waals surface area contributed by atoms with Gasteiger partial charge in [0.15, 0.2) is 0 Å². The standard InChI is InChI=1S/C18H20NO3P/c1-3-21-23(20,22-4-2)13-19-18-16-11-7-5-9-14(16)15-10-6-8-12-17(15)18/h5-12H,3-4,13H2,1-2H3. The summed E-state index contributed by atoms with van der Waals surface area (Å²) in [6.45, 7) is 4.29. The minimum absolute atomic E-state index is 0.0344. The average molecular weight is 329 g/mol. The minimum Gasteiger partial charge on any atom is -0.308 e. The molecule has 0 saturated heterocycles. The summed E-state index contributed by atoms with van der Waals surface area (Å²) < 4.78 is 23.3. The van der Waals surface area contributed by atoms with E-state index in [1.165, 1.54) is 0 Å². The van der Waals surface area contributed by atoms with E-state index in [-0.39, 0.29) is 6.29 Å². The molecule has 23 heavy (non-hydrogen) atoms. The highest BCUT2D eigenvalue weighted by molar-refractivity contribution is 7.53. The van der Waals surface area contributed by atoms with Gasteiger partial charge in [0.1, 0.15) is 6.29 Å². The maximum atomic E-state index is 12.6. The normalized spacial score (nSPS) is 12.9. The molecule has 0 radical (unpaired) electrons. The van der Waals surface area contributed by atoms with E-state index in [2.05, 4.69) is 17.1 Å². The van der Waals surface area contributed by atoms with Crippen molar-refractivity contribution in [2.24, 2.45) is 4.99 Å². The van der Waals surface area contributed by atoms with Crippen molar-refractivity contribution in [2.45, 2.75) is 13.8 Å². The van der Waals surface area contributed by atoms with Crippen LogP contribution >= 0.6 is 7.60 Å². The largest absolute Gasteiger partial charge is 0.351 e. The van der Waals surface area contributed by atoms with E-state index in [0.29, 0.717) is 13.2 Å². The zero-order valence-corrected chi connectivity index (χ0v) is 14.3. The first-order valence-electron chi connectivity index (χ1n) is 7.80. The lowest BCUT2D eigenvalue weighted by Crippen LogP contribution is -2.03. The molecule has 0 heterocycles. The van der Waals surface area contributed by atoms with Crippen molar-refractivity contribution in [3.8, 4) is 11.1 Å². The van der Waals surface area contributed by atoms with Gasteiger partial charge in [-0.15, -0.1) is 0 Å².